The number of carbonyl (C=O) groups is 2. The van der Waals surface area contributed by atoms with Gasteiger partial charge in [0.15, 0.2) is 0 Å². The van der Waals surface area contributed by atoms with Crippen LogP contribution in [0.1, 0.15) is 12.8 Å². The second kappa shape index (κ2) is 6.37. The number of amides is 1. The minimum Gasteiger partial charge on any atom is -0.466 e. The number of carbonyl (C=O) groups excluding carboxylic acids is 2. The van der Waals surface area contributed by atoms with Crippen LogP contribution in [-0.2, 0) is 19.1 Å². The maximum Gasteiger partial charge on any atom is 0.305 e. The number of ether oxygens (including phenoxy) is 2. The zero-order valence-electron chi connectivity index (χ0n) is 8.11. The van der Waals surface area contributed by atoms with Crippen LogP contribution in [0.25, 0.3) is 0 Å². The summed E-state index contributed by atoms with van der Waals surface area (Å²) in [4.78, 5) is 21.8. The molecule has 0 unspecified atom stereocenters. The van der Waals surface area contributed by atoms with Crippen LogP contribution < -0.4 is 0 Å². The Morgan fingerprint density at radius 3 is 2.21 bits per heavy atom. The minimum absolute atomic E-state index is 0.0463. The third-order valence-electron chi connectivity index (χ3n) is 1.98. The predicted octanol–water partition coefficient (Wildman–Crippen LogP) is -0.202. The van der Waals surface area contributed by atoms with E-state index < -0.39 is 0 Å². The molecule has 0 N–H and O–H groups in total. The molecule has 2 fully saturated rings. The van der Waals surface area contributed by atoms with Gasteiger partial charge >= 0.3 is 5.97 Å². The average Bonchev–Trinajstić information content (AvgIpc) is 2.71. The Kier molecular flexibility index (Phi) is 4.99. The van der Waals surface area contributed by atoms with Gasteiger partial charge < -0.3 is 14.4 Å². The van der Waals surface area contributed by atoms with Crippen molar-refractivity contribution in [3.8, 4) is 0 Å². The van der Waals surface area contributed by atoms with Crippen molar-refractivity contribution in [2.45, 2.75) is 12.8 Å². The maximum atomic E-state index is 10.0. The molecule has 14 heavy (non-hydrogen) atoms. The van der Waals surface area contributed by atoms with E-state index in [1.54, 1.807) is 4.90 Å². The molecule has 2 rings (SSSR count). The first-order valence-electron chi connectivity index (χ1n) is 4.75. The smallest absolute Gasteiger partial charge is 0.305 e. The number of nitrogens with zero attached hydrogens (tertiary/aromatic N) is 1. The fraction of sp³-hybridized carbons (Fsp3) is 0.778. The van der Waals surface area contributed by atoms with Crippen molar-refractivity contribution >= 4 is 12.4 Å². The second-order valence-electron chi connectivity index (χ2n) is 3.08. The Morgan fingerprint density at radius 1 is 1.21 bits per heavy atom. The summed E-state index contributed by atoms with van der Waals surface area (Å²) in [6, 6.07) is 0. The number of hydrogen-bond donors (Lipinski definition) is 0. The van der Waals surface area contributed by atoms with Gasteiger partial charge in [0, 0.05) is 19.5 Å². The molecule has 80 valence electrons. The second-order valence-corrected chi connectivity index (χ2v) is 3.08. The molecule has 5 nitrogen and oxygen atoms in total. The lowest BCUT2D eigenvalue weighted by Crippen LogP contribution is -2.34. The summed E-state index contributed by atoms with van der Waals surface area (Å²) in [5.41, 5.74) is 0. The Hall–Kier alpha value is -1.10. The lowest BCUT2D eigenvalue weighted by atomic mass is 10.4. The van der Waals surface area contributed by atoms with E-state index in [4.69, 9.17) is 4.74 Å². The first-order chi connectivity index (χ1) is 6.83. The zero-order chi connectivity index (χ0) is 10.2. The Balaban J connectivity index is 0.000000146. The van der Waals surface area contributed by atoms with Gasteiger partial charge in [0.1, 0.15) is 0 Å². The summed E-state index contributed by atoms with van der Waals surface area (Å²) in [5.74, 6) is -0.0463. The van der Waals surface area contributed by atoms with E-state index in [0.717, 1.165) is 25.9 Å². The van der Waals surface area contributed by atoms with Gasteiger partial charge in [0.2, 0.25) is 6.41 Å². The fourth-order valence-corrected chi connectivity index (χ4v) is 1.16. The van der Waals surface area contributed by atoms with Crippen molar-refractivity contribution in [2.75, 3.05) is 32.9 Å². The van der Waals surface area contributed by atoms with Crippen molar-refractivity contribution in [1.29, 1.82) is 0 Å². The van der Waals surface area contributed by atoms with Crippen molar-refractivity contribution in [3.63, 3.8) is 0 Å². The van der Waals surface area contributed by atoms with Crippen LogP contribution in [0, 0.1) is 0 Å². The zero-order valence-corrected chi connectivity index (χ0v) is 8.11. The Labute approximate surface area is 83.0 Å². The van der Waals surface area contributed by atoms with E-state index >= 15 is 0 Å². The molecule has 0 aromatic carbocycles. The number of cyclic esters (lactones) is 1. The van der Waals surface area contributed by atoms with Crippen LogP contribution in [0.4, 0.5) is 0 Å². The Morgan fingerprint density at radius 2 is 1.93 bits per heavy atom. The molecule has 2 heterocycles. The highest BCUT2D eigenvalue weighted by Crippen LogP contribution is 2.01. The van der Waals surface area contributed by atoms with Crippen LogP contribution >= 0.6 is 0 Å². The van der Waals surface area contributed by atoms with Crippen LogP contribution in [0.5, 0.6) is 0 Å². The van der Waals surface area contributed by atoms with E-state index in [1.165, 1.54) is 0 Å². The van der Waals surface area contributed by atoms with E-state index in [9.17, 15) is 9.59 Å². The molecular formula is C9H15NO4. The molecule has 0 radical (unpaired) electrons. The molecule has 0 aliphatic carbocycles. The Bertz CT molecular complexity index is 181. The van der Waals surface area contributed by atoms with E-state index in [0.29, 0.717) is 26.2 Å². The first kappa shape index (κ1) is 11.0. The van der Waals surface area contributed by atoms with Gasteiger partial charge in [0.05, 0.1) is 19.8 Å². The molecule has 5 heteroatoms. The summed E-state index contributed by atoms with van der Waals surface area (Å²) < 4.78 is 9.51. The third kappa shape index (κ3) is 4.23. The van der Waals surface area contributed by atoms with E-state index in [2.05, 4.69) is 4.74 Å². The van der Waals surface area contributed by atoms with Crippen molar-refractivity contribution in [3.05, 3.63) is 0 Å². The molecule has 2 aliphatic heterocycles. The van der Waals surface area contributed by atoms with Gasteiger partial charge in [-0.1, -0.05) is 0 Å². The van der Waals surface area contributed by atoms with Gasteiger partial charge in [-0.05, 0) is 6.42 Å². The van der Waals surface area contributed by atoms with Gasteiger partial charge in [0.25, 0.3) is 0 Å². The highest BCUT2D eigenvalue weighted by atomic mass is 16.5. The van der Waals surface area contributed by atoms with Crippen molar-refractivity contribution < 1.29 is 19.1 Å². The SMILES string of the molecule is O=C1CCCO1.O=CN1CCOCC1. The molecule has 0 saturated carbocycles. The standard InChI is InChI=1S/C5H9NO2.C4H6O2/c7-5-6-1-3-8-4-2-6;5-4-2-1-3-6-4/h5H,1-4H2;1-3H2. The quantitative estimate of drug-likeness (QED) is 0.435. The topological polar surface area (TPSA) is 55.8 Å². The first-order valence-corrected chi connectivity index (χ1v) is 4.75. The molecule has 0 bridgehead atoms. The highest BCUT2D eigenvalue weighted by Gasteiger charge is 2.08. The molecule has 0 spiro atoms. The van der Waals surface area contributed by atoms with Gasteiger partial charge in [-0.3, -0.25) is 9.59 Å². The van der Waals surface area contributed by atoms with Crippen LogP contribution in [0.3, 0.4) is 0 Å². The molecule has 2 aliphatic rings. The molecular weight excluding hydrogens is 186 g/mol. The summed E-state index contributed by atoms with van der Waals surface area (Å²) in [6.45, 7) is 3.53. The van der Waals surface area contributed by atoms with Crippen LogP contribution in [-0.4, -0.2) is 50.2 Å². The predicted molar refractivity (Wildman–Crippen MR) is 48.6 cm³/mol. The minimum atomic E-state index is -0.0463. The monoisotopic (exact) mass is 201 g/mol. The number of rotatable bonds is 1. The number of hydrogen-bond acceptors (Lipinski definition) is 4. The maximum absolute atomic E-state index is 10.0. The average molecular weight is 201 g/mol. The van der Waals surface area contributed by atoms with E-state index in [1.807, 2.05) is 0 Å². The normalized spacial score (nSPS) is 20.9. The lowest BCUT2D eigenvalue weighted by Gasteiger charge is -2.21. The molecule has 1 amide bonds. The third-order valence-corrected chi connectivity index (χ3v) is 1.98. The van der Waals surface area contributed by atoms with Crippen molar-refractivity contribution in [1.82, 2.24) is 4.90 Å². The van der Waals surface area contributed by atoms with Gasteiger partial charge in [-0.2, -0.15) is 0 Å². The number of esters is 1. The molecule has 0 aromatic rings. The van der Waals surface area contributed by atoms with Gasteiger partial charge in [-0.15, -0.1) is 0 Å². The molecule has 2 saturated heterocycles. The summed E-state index contributed by atoms with van der Waals surface area (Å²) >= 11 is 0. The fourth-order valence-electron chi connectivity index (χ4n) is 1.16. The van der Waals surface area contributed by atoms with Gasteiger partial charge in [-0.25, -0.2) is 0 Å². The highest BCUT2D eigenvalue weighted by molar-refractivity contribution is 5.70. The summed E-state index contributed by atoms with van der Waals surface area (Å²) in [5, 5.41) is 0. The largest absolute Gasteiger partial charge is 0.466 e. The van der Waals surface area contributed by atoms with Crippen molar-refractivity contribution in [2.24, 2.45) is 0 Å². The van der Waals surface area contributed by atoms with E-state index in [-0.39, 0.29) is 5.97 Å². The summed E-state index contributed by atoms with van der Waals surface area (Å²) in [6.07, 6.45) is 2.40. The number of morpholine rings is 1. The lowest BCUT2D eigenvalue weighted by molar-refractivity contribution is -0.137. The summed E-state index contributed by atoms with van der Waals surface area (Å²) in [7, 11) is 0. The molecule has 0 aromatic heterocycles. The van der Waals surface area contributed by atoms with Crippen LogP contribution in [0.15, 0.2) is 0 Å². The molecule has 0 atom stereocenters. The van der Waals surface area contributed by atoms with Crippen LogP contribution in [0.2, 0.25) is 0 Å².